The molecule has 4 rings (SSSR count). The molecule has 0 N–H and O–H groups in total. The van der Waals surface area contributed by atoms with Crippen molar-refractivity contribution in [1.29, 1.82) is 0 Å². The lowest BCUT2D eigenvalue weighted by Crippen LogP contribution is -2.30. The van der Waals surface area contributed by atoms with Crippen LogP contribution in [0.1, 0.15) is 23.2 Å². The molecule has 0 bridgehead atoms. The molecule has 2 aromatic rings. The van der Waals surface area contributed by atoms with E-state index in [9.17, 15) is 14.4 Å². The highest BCUT2D eigenvalue weighted by Gasteiger charge is 2.47. The maximum Gasteiger partial charge on any atom is 0.238 e. The molecule has 1 aliphatic heterocycles. The van der Waals surface area contributed by atoms with Crippen molar-refractivity contribution in [3.63, 3.8) is 0 Å². The van der Waals surface area contributed by atoms with Gasteiger partial charge in [-0.1, -0.05) is 40.2 Å². The Kier molecular flexibility index (Phi) is 5.13. The number of ketones is 1. The van der Waals surface area contributed by atoms with Crippen molar-refractivity contribution >= 4 is 39.2 Å². The molecule has 1 saturated heterocycles. The van der Waals surface area contributed by atoms with Crippen LogP contribution in [0.15, 0.2) is 65.2 Å². The van der Waals surface area contributed by atoms with E-state index in [0.717, 1.165) is 4.47 Å². The van der Waals surface area contributed by atoms with Gasteiger partial charge in [0.05, 0.1) is 17.5 Å². The first-order valence-corrected chi connectivity index (χ1v) is 9.88. The number of carbonyl (C=O) groups is 3. The lowest BCUT2D eigenvalue weighted by molar-refractivity contribution is -0.122. The Labute approximate surface area is 171 Å². The fraction of sp³-hybridized carbons (Fsp3) is 0.227. The van der Waals surface area contributed by atoms with Crippen LogP contribution in [0.4, 0.5) is 5.69 Å². The third-order valence-electron chi connectivity index (χ3n) is 5.14. The van der Waals surface area contributed by atoms with Crippen molar-refractivity contribution in [3.05, 3.63) is 70.7 Å². The lowest BCUT2D eigenvalue weighted by Gasteiger charge is -2.15. The summed E-state index contributed by atoms with van der Waals surface area (Å²) in [7, 11) is 0. The number of allylic oxidation sites excluding steroid dienone is 2. The summed E-state index contributed by atoms with van der Waals surface area (Å²) in [6, 6.07) is 13.8. The van der Waals surface area contributed by atoms with Gasteiger partial charge < -0.3 is 4.74 Å². The highest BCUT2D eigenvalue weighted by Crippen LogP contribution is 2.37. The summed E-state index contributed by atoms with van der Waals surface area (Å²) in [4.78, 5) is 38.7. The van der Waals surface area contributed by atoms with Gasteiger partial charge in [0.1, 0.15) is 5.75 Å². The first-order chi connectivity index (χ1) is 13.5. The molecule has 1 heterocycles. The van der Waals surface area contributed by atoms with Crippen molar-refractivity contribution in [1.82, 2.24) is 0 Å². The topological polar surface area (TPSA) is 63.7 Å². The van der Waals surface area contributed by atoms with E-state index >= 15 is 0 Å². The zero-order valence-electron chi connectivity index (χ0n) is 15.0. The number of hydrogen-bond acceptors (Lipinski definition) is 4. The Hall–Kier alpha value is -2.73. The molecular formula is C22H18BrNO4. The maximum atomic E-state index is 12.6. The number of anilines is 1. The largest absolute Gasteiger partial charge is 0.485 e. The van der Waals surface area contributed by atoms with Gasteiger partial charge in [-0.25, -0.2) is 0 Å². The van der Waals surface area contributed by atoms with Crippen molar-refractivity contribution in [2.45, 2.75) is 12.8 Å². The smallest absolute Gasteiger partial charge is 0.238 e. The van der Waals surface area contributed by atoms with Crippen LogP contribution in [0, 0.1) is 11.8 Å². The predicted octanol–water partition coefficient (Wildman–Crippen LogP) is 4.17. The van der Waals surface area contributed by atoms with E-state index in [1.165, 1.54) is 4.90 Å². The normalized spacial score (nSPS) is 21.0. The predicted molar refractivity (Wildman–Crippen MR) is 108 cm³/mol. The summed E-state index contributed by atoms with van der Waals surface area (Å²) in [5, 5.41) is 0. The van der Waals surface area contributed by atoms with Gasteiger partial charge in [0.25, 0.3) is 0 Å². The van der Waals surface area contributed by atoms with Crippen LogP contribution >= 0.6 is 15.9 Å². The van der Waals surface area contributed by atoms with Gasteiger partial charge >= 0.3 is 0 Å². The van der Waals surface area contributed by atoms with Crippen molar-refractivity contribution in [2.24, 2.45) is 11.8 Å². The van der Waals surface area contributed by atoms with Crippen LogP contribution in [0.3, 0.4) is 0 Å². The molecule has 0 saturated carbocycles. The lowest BCUT2D eigenvalue weighted by atomic mass is 9.85. The van der Waals surface area contributed by atoms with Crippen LogP contribution < -0.4 is 9.64 Å². The number of carbonyl (C=O) groups excluding carboxylic acids is 3. The van der Waals surface area contributed by atoms with Gasteiger partial charge in [-0.05, 0) is 49.2 Å². The monoisotopic (exact) mass is 439 g/mol. The maximum absolute atomic E-state index is 12.6. The third kappa shape index (κ3) is 3.52. The Morgan fingerprint density at radius 3 is 2.07 bits per heavy atom. The van der Waals surface area contributed by atoms with Crippen LogP contribution in [-0.2, 0) is 9.59 Å². The number of amides is 2. The first-order valence-electron chi connectivity index (χ1n) is 9.09. The molecule has 0 radical (unpaired) electrons. The molecule has 2 aromatic carbocycles. The molecule has 1 fully saturated rings. The van der Waals surface area contributed by atoms with Gasteiger partial charge in [0.2, 0.25) is 11.8 Å². The summed E-state index contributed by atoms with van der Waals surface area (Å²) in [6.45, 7) is -0.0849. The fourth-order valence-electron chi connectivity index (χ4n) is 3.61. The average Bonchev–Trinajstić information content (AvgIpc) is 2.98. The zero-order chi connectivity index (χ0) is 19.7. The number of ether oxygens (including phenoxy) is 1. The molecular weight excluding hydrogens is 422 g/mol. The second kappa shape index (κ2) is 7.72. The molecule has 2 aliphatic rings. The first kappa shape index (κ1) is 18.6. The van der Waals surface area contributed by atoms with Crippen LogP contribution in [0.25, 0.3) is 0 Å². The van der Waals surface area contributed by atoms with Crippen molar-refractivity contribution in [3.8, 4) is 5.75 Å². The molecule has 0 aromatic heterocycles. The van der Waals surface area contributed by atoms with Crippen LogP contribution in [0.2, 0.25) is 0 Å². The molecule has 2 amide bonds. The zero-order valence-corrected chi connectivity index (χ0v) is 16.6. The third-order valence-corrected chi connectivity index (χ3v) is 5.67. The number of halogens is 1. The summed E-state index contributed by atoms with van der Waals surface area (Å²) in [6.07, 6.45) is 5.17. The highest BCUT2D eigenvalue weighted by molar-refractivity contribution is 9.10. The molecule has 5 nitrogen and oxygen atoms in total. The minimum absolute atomic E-state index is 0.0849. The van der Waals surface area contributed by atoms with E-state index in [1.807, 2.05) is 12.2 Å². The van der Waals surface area contributed by atoms with E-state index in [2.05, 4.69) is 15.9 Å². The van der Waals surface area contributed by atoms with E-state index < -0.39 is 0 Å². The van der Waals surface area contributed by atoms with E-state index in [4.69, 9.17) is 4.74 Å². The number of Topliss-reactive ketones (excluding diaryl/α,β-unsaturated/α-hetero) is 1. The van der Waals surface area contributed by atoms with Crippen LogP contribution in [-0.4, -0.2) is 24.2 Å². The van der Waals surface area contributed by atoms with Gasteiger partial charge in [0, 0.05) is 10.0 Å². The average molecular weight is 440 g/mol. The summed E-state index contributed by atoms with van der Waals surface area (Å²) in [5.41, 5.74) is 1.11. The second-order valence-electron chi connectivity index (χ2n) is 6.88. The highest BCUT2D eigenvalue weighted by atomic mass is 79.9. The number of fused-ring (bicyclic) bond motifs is 1. The Balaban J connectivity index is 1.41. The number of imide groups is 1. The number of rotatable bonds is 5. The van der Waals surface area contributed by atoms with E-state index in [1.54, 1.807) is 48.5 Å². The molecule has 0 spiro atoms. The summed E-state index contributed by atoms with van der Waals surface area (Å²) in [5.74, 6) is -0.406. The quantitative estimate of drug-likeness (QED) is 0.398. The second-order valence-corrected chi connectivity index (χ2v) is 7.80. The molecule has 1 aliphatic carbocycles. The number of nitrogens with zero attached hydrogens (tertiary/aromatic N) is 1. The van der Waals surface area contributed by atoms with E-state index in [0.29, 0.717) is 29.8 Å². The van der Waals surface area contributed by atoms with Gasteiger partial charge in [0.15, 0.2) is 12.4 Å². The molecule has 142 valence electrons. The van der Waals surface area contributed by atoms with Crippen molar-refractivity contribution in [2.75, 3.05) is 11.5 Å². The van der Waals surface area contributed by atoms with Gasteiger partial charge in [-0.3, -0.25) is 19.3 Å². The molecule has 2 atom stereocenters. The molecule has 28 heavy (non-hydrogen) atoms. The van der Waals surface area contributed by atoms with Crippen molar-refractivity contribution < 1.29 is 19.1 Å². The number of benzene rings is 2. The minimum atomic E-state index is -0.253. The standard InChI is InChI=1S/C22H18BrNO4/c23-15-7-5-14(6-8-15)20(25)13-28-17-11-9-16(10-12-17)24-21(26)18-3-1-2-4-19(18)22(24)27/h1-2,5-12,18-19H,3-4,13H2. The molecule has 2 unspecified atom stereocenters. The Morgan fingerprint density at radius 2 is 1.50 bits per heavy atom. The van der Waals surface area contributed by atoms with Gasteiger partial charge in [-0.2, -0.15) is 0 Å². The van der Waals surface area contributed by atoms with E-state index in [-0.39, 0.29) is 36.0 Å². The van der Waals surface area contributed by atoms with Crippen LogP contribution in [0.5, 0.6) is 5.75 Å². The minimum Gasteiger partial charge on any atom is -0.485 e. The summed E-state index contributed by atoms with van der Waals surface area (Å²) >= 11 is 3.34. The number of hydrogen-bond donors (Lipinski definition) is 0. The molecule has 6 heteroatoms. The summed E-state index contributed by atoms with van der Waals surface area (Å²) < 4.78 is 6.46. The fourth-order valence-corrected chi connectivity index (χ4v) is 3.88. The Morgan fingerprint density at radius 1 is 0.929 bits per heavy atom. The SMILES string of the molecule is O=C(COc1ccc(N2C(=O)C3CC=CCC3C2=O)cc1)c1ccc(Br)cc1. The Bertz CT molecular complexity index is 924. The van der Waals surface area contributed by atoms with Gasteiger partial charge in [-0.15, -0.1) is 0 Å².